The van der Waals surface area contributed by atoms with Crippen molar-refractivity contribution in [2.45, 2.75) is 26.6 Å². The Labute approximate surface area is 81.9 Å². The van der Waals surface area contributed by atoms with Crippen molar-refractivity contribution < 1.29 is 19.1 Å². The molecule has 5 nitrogen and oxygen atoms in total. The zero-order valence-electron chi connectivity index (χ0n) is 8.07. The first-order valence-corrected chi connectivity index (χ1v) is 3.88. The third-order valence-corrected chi connectivity index (χ3v) is 1.14. The summed E-state index contributed by atoms with van der Waals surface area (Å²) >= 11 is 0. The van der Waals surface area contributed by atoms with Crippen LogP contribution in [0, 0.1) is 11.3 Å². The van der Waals surface area contributed by atoms with E-state index in [0.29, 0.717) is 0 Å². The van der Waals surface area contributed by atoms with E-state index >= 15 is 0 Å². The largest absolute Gasteiger partial charge is 0.424 e. The second-order valence-electron chi connectivity index (χ2n) is 2.59. The lowest BCUT2D eigenvalue weighted by molar-refractivity contribution is -0.182. The molecule has 0 fully saturated rings. The first-order chi connectivity index (χ1) is 6.47. The molecular formula is C9H11NO4. The lowest BCUT2D eigenvalue weighted by Gasteiger charge is -2.14. The Morgan fingerprint density at radius 2 is 2.00 bits per heavy atom. The summed E-state index contributed by atoms with van der Waals surface area (Å²) in [6.45, 7) is 5.97. The summed E-state index contributed by atoms with van der Waals surface area (Å²) in [7, 11) is 0. The molecule has 0 bridgehead atoms. The van der Waals surface area contributed by atoms with Crippen molar-refractivity contribution in [3.63, 3.8) is 0 Å². The van der Waals surface area contributed by atoms with E-state index in [1.807, 2.05) is 0 Å². The second-order valence-corrected chi connectivity index (χ2v) is 2.59. The minimum absolute atomic E-state index is 0.181. The van der Waals surface area contributed by atoms with Crippen LogP contribution in [0.5, 0.6) is 0 Å². The van der Waals surface area contributed by atoms with Gasteiger partial charge in [0.1, 0.15) is 6.42 Å². The van der Waals surface area contributed by atoms with Gasteiger partial charge in [-0.05, 0) is 6.92 Å². The normalized spacial score (nSPS) is 10.9. The standard InChI is InChI=1S/C9H11NO4/c1-6(2)9(12)14-8(4-5-10)13-7(3)11/h8H,1,4H2,2-3H3. The molecule has 0 spiro atoms. The monoisotopic (exact) mass is 197 g/mol. The van der Waals surface area contributed by atoms with Gasteiger partial charge < -0.3 is 9.47 Å². The molecule has 0 saturated heterocycles. The summed E-state index contributed by atoms with van der Waals surface area (Å²) in [5.41, 5.74) is 0.181. The molecule has 14 heavy (non-hydrogen) atoms. The van der Waals surface area contributed by atoms with Crippen molar-refractivity contribution in [3.05, 3.63) is 12.2 Å². The molecule has 0 heterocycles. The van der Waals surface area contributed by atoms with E-state index in [4.69, 9.17) is 5.26 Å². The Hall–Kier alpha value is -1.83. The van der Waals surface area contributed by atoms with Crippen molar-refractivity contribution >= 4 is 11.9 Å². The van der Waals surface area contributed by atoms with E-state index in [9.17, 15) is 9.59 Å². The highest BCUT2D eigenvalue weighted by Gasteiger charge is 2.16. The molecule has 0 amide bonds. The molecule has 0 rings (SSSR count). The van der Waals surface area contributed by atoms with E-state index < -0.39 is 18.2 Å². The zero-order chi connectivity index (χ0) is 11.1. The number of carbonyl (C=O) groups excluding carboxylic acids is 2. The Balaban J connectivity index is 4.23. The van der Waals surface area contributed by atoms with Crippen LogP contribution >= 0.6 is 0 Å². The molecule has 0 aliphatic heterocycles. The fourth-order valence-electron chi connectivity index (χ4n) is 0.587. The molecule has 0 aliphatic rings. The molecule has 5 heteroatoms. The number of nitriles is 1. The third-order valence-electron chi connectivity index (χ3n) is 1.14. The predicted molar refractivity (Wildman–Crippen MR) is 46.7 cm³/mol. The highest BCUT2D eigenvalue weighted by Crippen LogP contribution is 2.04. The molecular weight excluding hydrogens is 186 g/mol. The van der Waals surface area contributed by atoms with Crippen LogP contribution in [-0.4, -0.2) is 18.2 Å². The van der Waals surface area contributed by atoms with E-state index in [0.717, 1.165) is 0 Å². The van der Waals surface area contributed by atoms with Gasteiger partial charge in [-0.1, -0.05) is 6.58 Å². The predicted octanol–water partition coefficient (Wildman–Crippen LogP) is 0.909. The molecule has 0 aromatic carbocycles. The van der Waals surface area contributed by atoms with Crippen LogP contribution in [0.25, 0.3) is 0 Å². The van der Waals surface area contributed by atoms with Crippen LogP contribution in [0.4, 0.5) is 0 Å². The van der Waals surface area contributed by atoms with Crippen molar-refractivity contribution in [1.29, 1.82) is 5.26 Å². The van der Waals surface area contributed by atoms with Crippen molar-refractivity contribution in [3.8, 4) is 6.07 Å². The van der Waals surface area contributed by atoms with E-state index in [2.05, 4.69) is 16.1 Å². The number of nitrogens with zero attached hydrogens (tertiary/aromatic N) is 1. The van der Waals surface area contributed by atoms with Gasteiger partial charge in [-0.15, -0.1) is 0 Å². The molecule has 0 aliphatic carbocycles. The zero-order valence-corrected chi connectivity index (χ0v) is 8.07. The van der Waals surface area contributed by atoms with E-state index in [1.54, 1.807) is 6.07 Å². The smallest absolute Gasteiger partial charge is 0.336 e. The number of hydrogen-bond donors (Lipinski definition) is 0. The summed E-state index contributed by atoms with van der Waals surface area (Å²) < 4.78 is 9.23. The third kappa shape index (κ3) is 4.93. The summed E-state index contributed by atoms with van der Waals surface area (Å²) in [6.07, 6.45) is -1.35. The maximum absolute atomic E-state index is 11.0. The fraction of sp³-hybridized carbons (Fsp3) is 0.444. The summed E-state index contributed by atoms with van der Waals surface area (Å²) in [6, 6.07) is 1.73. The van der Waals surface area contributed by atoms with Crippen molar-refractivity contribution in [2.75, 3.05) is 0 Å². The Morgan fingerprint density at radius 1 is 1.43 bits per heavy atom. The van der Waals surface area contributed by atoms with Crippen LogP contribution in [-0.2, 0) is 19.1 Å². The molecule has 1 unspecified atom stereocenters. The van der Waals surface area contributed by atoms with Crippen molar-refractivity contribution in [1.82, 2.24) is 0 Å². The van der Waals surface area contributed by atoms with Gasteiger partial charge in [0.2, 0.25) is 0 Å². The Kier molecular flexibility index (Phi) is 5.00. The van der Waals surface area contributed by atoms with Gasteiger partial charge >= 0.3 is 11.9 Å². The van der Waals surface area contributed by atoms with Gasteiger partial charge in [-0.3, -0.25) is 4.79 Å². The molecule has 0 aromatic rings. The lowest BCUT2D eigenvalue weighted by Crippen LogP contribution is -2.23. The number of carbonyl (C=O) groups is 2. The number of esters is 2. The average Bonchev–Trinajstić information content (AvgIpc) is 2.02. The molecule has 0 aromatic heterocycles. The Morgan fingerprint density at radius 3 is 2.36 bits per heavy atom. The summed E-state index contributed by atoms with van der Waals surface area (Å²) in [5.74, 6) is -1.30. The van der Waals surface area contributed by atoms with Gasteiger partial charge in [-0.25, -0.2) is 4.79 Å². The summed E-state index contributed by atoms with van der Waals surface area (Å²) in [4.78, 5) is 21.5. The minimum atomic E-state index is -1.15. The van der Waals surface area contributed by atoms with Crippen LogP contribution < -0.4 is 0 Å². The van der Waals surface area contributed by atoms with Crippen LogP contribution in [0.1, 0.15) is 20.3 Å². The average molecular weight is 197 g/mol. The van der Waals surface area contributed by atoms with Crippen LogP contribution in [0.3, 0.4) is 0 Å². The van der Waals surface area contributed by atoms with Gasteiger partial charge in [-0.2, -0.15) is 5.26 Å². The van der Waals surface area contributed by atoms with Crippen molar-refractivity contribution in [2.24, 2.45) is 0 Å². The van der Waals surface area contributed by atoms with Gasteiger partial charge in [0.05, 0.1) is 6.07 Å². The Bertz CT molecular complexity index is 290. The fourth-order valence-corrected chi connectivity index (χ4v) is 0.587. The van der Waals surface area contributed by atoms with Gasteiger partial charge in [0.25, 0.3) is 6.29 Å². The highest BCUT2D eigenvalue weighted by molar-refractivity contribution is 5.87. The molecule has 76 valence electrons. The molecule has 0 saturated carbocycles. The number of rotatable bonds is 4. The van der Waals surface area contributed by atoms with Crippen LogP contribution in [0.2, 0.25) is 0 Å². The molecule has 1 atom stereocenters. The highest BCUT2D eigenvalue weighted by atomic mass is 16.7. The number of ether oxygens (including phenoxy) is 2. The van der Waals surface area contributed by atoms with E-state index in [-0.39, 0.29) is 12.0 Å². The SMILES string of the molecule is C=C(C)C(=O)OC(CC#N)OC(C)=O. The van der Waals surface area contributed by atoms with Crippen LogP contribution in [0.15, 0.2) is 12.2 Å². The van der Waals surface area contributed by atoms with Gasteiger partial charge in [0.15, 0.2) is 0 Å². The van der Waals surface area contributed by atoms with E-state index in [1.165, 1.54) is 13.8 Å². The minimum Gasteiger partial charge on any atom is -0.424 e. The number of hydrogen-bond acceptors (Lipinski definition) is 5. The van der Waals surface area contributed by atoms with Gasteiger partial charge in [0, 0.05) is 12.5 Å². The topological polar surface area (TPSA) is 76.4 Å². The first-order valence-electron chi connectivity index (χ1n) is 3.88. The lowest BCUT2D eigenvalue weighted by atomic mass is 10.3. The molecule has 0 N–H and O–H groups in total. The maximum Gasteiger partial charge on any atom is 0.336 e. The quantitative estimate of drug-likeness (QED) is 0.380. The molecule has 0 radical (unpaired) electrons. The maximum atomic E-state index is 11.0. The second kappa shape index (κ2) is 5.75. The summed E-state index contributed by atoms with van der Waals surface area (Å²) in [5, 5.41) is 8.35. The first kappa shape index (κ1) is 12.2.